The average Bonchev–Trinajstić information content (AvgIpc) is 2.05. The molecule has 0 aliphatic heterocycles. The van der Waals surface area contributed by atoms with Crippen LogP contribution in [0.3, 0.4) is 0 Å². The van der Waals surface area contributed by atoms with Crippen LogP contribution in [0, 0.1) is 0 Å². The quantitative estimate of drug-likeness (QED) is 0.780. The zero-order valence-electron chi connectivity index (χ0n) is 6.15. The van der Waals surface area contributed by atoms with Gasteiger partial charge in [0, 0.05) is 12.4 Å². The molecule has 0 aromatic carbocycles. The van der Waals surface area contributed by atoms with E-state index in [0.29, 0.717) is 5.56 Å². The molecule has 0 amide bonds. The van der Waals surface area contributed by atoms with Gasteiger partial charge in [-0.1, -0.05) is 6.07 Å². The Balaban J connectivity index is 0.00000121. The summed E-state index contributed by atoms with van der Waals surface area (Å²) in [6, 6.07) is 1.89. The molecule has 0 saturated heterocycles. The molecule has 2 N–H and O–H groups in total. The lowest BCUT2D eigenvalue weighted by Crippen LogP contribution is -2.18. The number of alkyl halides is 2. The van der Waals surface area contributed by atoms with Gasteiger partial charge in [-0.05, 0) is 11.6 Å². The number of rotatable bonds is 2. The van der Waals surface area contributed by atoms with Crippen molar-refractivity contribution in [3.8, 4) is 0 Å². The summed E-state index contributed by atoms with van der Waals surface area (Å²) in [5, 5.41) is 0. The highest BCUT2D eigenvalue weighted by Gasteiger charge is 2.16. The van der Waals surface area contributed by atoms with Crippen LogP contribution in [-0.4, -0.2) is 11.4 Å². The summed E-state index contributed by atoms with van der Waals surface area (Å²) in [6.07, 6.45) is 0.331. The standard InChI is InChI=1S/C7H8F2N2.ClH/c8-7(9)6(10)5-2-1-3-11-4-5;/h1-4,6-7H,10H2;1H/t6-;/m1./s1. The Labute approximate surface area is 75.2 Å². The van der Waals surface area contributed by atoms with E-state index in [2.05, 4.69) is 4.98 Å². The molecule has 1 aromatic rings. The van der Waals surface area contributed by atoms with Crippen LogP contribution in [0.4, 0.5) is 8.78 Å². The lowest BCUT2D eigenvalue weighted by Gasteiger charge is -2.08. The summed E-state index contributed by atoms with van der Waals surface area (Å²) in [4.78, 5) is 3.67. The maximum Gasteiger partial charge on any atom is 0.257 e. The molecule has 5 heteroatoms. The number of nitrogens with two attached hydrogens (primary N) is 1. The van der Waals surface area contributed by atoms with E-state index >= 15 is 0 Å². The number of nitrogens with zero attached hydrogens (tertiary/aromatic N) is 1. The molecule has 0 radical (unpaired) electrons. The van der Waals surface area contributed by atoms with Gasteiger partial charge in [-0.25, -0.2) is 8.78 Å². The smallest absolute Gasteiger partial charge is 0.257 e. The van der Waals surface area contributed by atoms with E-state index in [-0.39, 0.29) is 12.4 Å². The van der Waals surface area contributed by atoms with E-state index in [1.165, 1.54) is 18.5 Å². The zero-order chi connectivity index (χ0) is 8.27. The maximum absolute atomic E-state index is 12.0. The van der Waals surface area contributed by atoms with Crippen molar-refractivity contribution in [2.75, 3.05) is 0 Å². The van der Waals surface area contributed by atoms with Crippen molar-refractivity contribution in [1.82, 2.24) is 4.98 Å². The molecule has 0 bridgehead atoms. The number of halogens is 3. The van der Waals surface area contributed by atoms with Gasteiger partial charge in [-0.15, -0.1) is 12.4 Å². The average molecular weight is 195 g/mol. The first-order valence-corrected chi connectivity index (χ1v) is 3.15. The van der Waals surface area contributed by atoms with Gasteiger partial charge in [0.15, 0.2) is 0 Å². The summed E-state index contributed by atoms with van der Waals surface area (Å²) in [5.41, 5.74) is 5.51. The normalized spacial score (nSPS) is 12.3. The number of pyridine rings is 1. The Morgan fingerprint density at radius 3 is 2.50 bits per heavy atom. The highest BCUT2D eigenvalue weighted by molar-refractivity contribution is 5.85. The van der Waals surface area contributed by atoms with E-state index in [1.54, 1.807) is 6.07 Å². The second-order valence-corrected chi connectivity index (χ2v) is 2.15. The summed E-state index contributed by atoms with van der Waals surface area (Å²) >= 11 is 0. The van der Waals surface area contributed by atoms with Crippen LogP contribution in [0.2, 0.25) is 0 Å². The topological polar surface area (TPSA) is 38.9 Å². The van der Waals surface area contributed by atoms with E-state index in [1.807, 2.05) is 0 Å². The second kappa shape index (κ2) is 5.00. The summed E-state index contributed by atoms with van der Waals surface area (Å²) in [6.45, 7) is 0. The monoisotopic (exact) mass is 194 g/mol. The number of hydrogen-bond acceptors (Lipinski definition) is 2. The third-order valence-electron chi connectivity index (χ3n) is 1.34. The van der Waals surface area contributed by atoms with Crippen molar-refractivity contribution in [2.45, 2.75) is 12.5 Å². The predicted molar refractivity (Wildman–Crippen MR) is 44.4 cm³/mol. The van der Waals surface area contributed by atoms with E-state index in [4.69, 9.17) is 5.73 Å². The molecule has 0 aliphatic rings. The Hall–Kier alpha value is -0.740. The molecule has 1 atom stereocenters. The van der Waals surface area contributed by atoms with Crippen LogP contribution in [-0.2, 0) is 0 Å². The zero-order valence-corrected chi connectivity index (χ0v) is 6.97. The van der Waals surface area contributed by atoms with Crippen LogP contribution < -0.4 is 5.73 Å². The highest BCUT2D eigenvalue weighted by atomic mass is 35.5. The Morgan fingerprint density at radius 1 is 1.42 bits per heavy atom. The van der Waals surface area contributed by atoms with Gasteiger partial charge in [0.1, 0.15) is 0 Å². The first kappa shape index (κ1) is 11.3. The minimum atomic E-state index is -2.53. The third-order valence-corrected chi connectivity index (χ3v) is 1.34. The van der Waals surface area contributed by atoms with E-state index in [0.717, 1.165) is 0 Å². The molecule has 1 rings (SSSR count). The van der Waals surface area contributed by atoms with Crippen molar-refractivity contribution in [2.24, 2.45) is 5.73 Å². The molecular formula is C7H9ClF2N2. The molecule has 12 heavy (non-hydrogen) atoms. The molecule has 0 saturated carbocycles. The van der Waals surface area contributed by atoms with Crippen molar-refractivity contribution in [1.29, 1.82) is 0 Å². The Kier molecular flexibility index (Phi) is 4.70. The molecule has 1 aromatic heterocycles. The fourth-order valence-electron chi connectivity index (χ4n) is 0.719. The third kappa shape index (κ3) is 2.71. The maximum atomic E-state index is 12.0. The van der Waals surface area contributed by atoms with Gasteiger partial charge in [-0.2, -0.15) is 0 Å². The molecule has 2 nitrogen and oxygen atoms in total. The molecule has 0 fully saturated rings. The molecule has 68 valence electrons. The minimum absolute atomic E-state index is 0. The van der Waals surface area contributed by atoms with Crippen LogP contribution >= 0.6 is 12.4 Å². The predicted octanol–water partition coefficient (Wildman–Crippen LogP) is 1.77. The fourth-order valence-corrected chi connectivity index (χ4v) is 0.719. The van der Waals surface area contributed by atoms with E-state index < -0.39 is 12.5 Å². The van der Waals surface area contributed by atoms with Crippen LogP contribution in [0.5, 0.6) is 0 Å². The van der Waals surface area contributed by atoms with Crippen molar-refractivity contribution >= 4 is 12.4 Å². The van der Waals surface area contributed by atoms with Gasteiger partial charge in [0.25, 0.3) is 6.43 Å². The van der Waals surface area contributed by atoms with Crippen LogP contribution in [0.1, 0.15) is 11.6 Å². The molecule has 1 heterocycles. The SMILES string of the molecule is Cl.N[C@H](c1cccnc1)C(F)F. The molecule has 0 unspecified atom stereocenters. The Bertz CT molecular complexity index is 218. The van der Waals surface area contributed by atoms with E-state index in [9.17, 15) is 8.78 Å². The number of aromatic nitrogens is 1. The Morgan fingerprint density at radius 2 is 2.08 bits per heavy atom. The lowest BCUT2D eigenvalue weighted by atomic mass is 10.1. The molecule has 0 aliphatic carbocycles. The number of hydrogen-bond donors (Lipinski definition) is 1. The summed E-state index contributed by atoms with van der Waals surface area (Å²) in [7, 11) is 0. The van der Waals surface area contributed by atoms with Gasteiger partial charge >= 0.3 is 0 Å². The minimum Gasteiger partial charge on any atom is -0.319 e. The van der Waals surface area contributed by atoms with Gasteiger partial charge in [0.2, 0.25) is 0 Å². The van der Waals surface area contributed by atoms with Crippen LogP contribution in [0.25, 0.3) is 0 Å². The van der Waals surface area contributed by atoms with Crippen molar-refractivity contribution < 1.29 is 8.78 Å². The van der Waals surface area contributed by atoms with Gasteiger partial charge in [-0.3, -0.25) is 4.98 Å². The van der Waals surface area contributed by atoms with Crippen LogP contribution in [0.15, 0.2) is 24.5 Å². The molecular weight excluding hydrogens is 186 g/mol. The second-order valence-electron chi connectivity index (χ2n) is 2.15. The van der Waals surface area contributed by atoms with Gasteiger partial charge in [0.05, 0.1) is 6.04 Å². The fraction of sp³-hybridized carbons (Fsp3) is 0.286. The largest absolute Gasteiger partial charge is 0.319 e. The summed E-state index contributed by atoms with van der Waals surface area (Å²) < 4.78 is 23.9. The highest BCUT2D eigenvalue weighted by Crippen LogP contribution is 2.15. The van der Waals surface area contributed by atoms with Crippen molar-refractivity contribution in [3.05, 3.63) is 30.1 Å². The summed E-state index contributed by atoms with van der Waals surface area (Å²) in [5.74, 6) is 0. The lowest BCUT2D eigenvalue weighted by molar-refractivity contribution is 0.116. The molecule has 0 spiro atoms. The first-order chi connectivity index (χ1) is 5.22. The van der Waals surface area contributed by atoms with Gasteiger partial charge < -0.3 is 5.73 Å². The van der Waals surface area contributed by atoms with Crippen molar-refractivity contribution in [3.63, 3.8) is 0 Å². The first-order valence-electron chi connectivity index (χ1n) is 3.15.